The summed E-state index contributed by atoms with van der Waals surface area (Å²) in [6.07, 6.45) is 2.49. The average molecular weight is 339 g/mol. The first-order valence-electron chi connectivity index (χ1n) is 7.93. The largest absolute Gasteiger partial charge is 0.472 e. The molecule has 122 valence electrons. The highest BCUT2D eigenvalue weighted by Crippen LogP contribution is 2.27. The summed E-state index contributed by atoms with van der Waals surface area (Å²) in [5.74, 6) is 1.34. The third-order valence-electron chi connectivity index (χ3n) is 4.11. The van der Waals surface area contributed by atoms with Crippen LogP contribution in [0.1, 0.15) is 21.9 Å². The quantitative estimate of drug-likeness (QED) is 0.735. The fourth-order valence-corrected chi connectivity index (χ4v) is 3.95. The van der Waals surface area contributed by atoms with Crippen LogP contribution in [0.4, 0.5) is 0 Å². The number of likely N-dealkylation sites (tertiary alicyclic amines) is 1. The van der Waals surface area contributed by atoms with Crippen molar-refractivity contribution in [2.24, 2.45) is 0 Å². The minimum atomic E-state index is -0.0161. The van der Waals surface area contributed by atoms with Crippen LogP contribution in [0.3, 0.4) is 0 Å². The number of amides is 1. The van der Waals surface area contributed by atoms with Gasteiger partial charge in [0.2, 0.25) is 5.88 Å². The summed E-state index contributed by atoms with van der Waals surface area (Å²) >= 11 is 1.55. The number of hydrogen-bond acceptors (Lipinski definition) is 5. The second kappa shape index (κ2) is 6.20. The number of thiophene rings is 1. The molecule has 0 saturated carbocycles. The Morgan fingerprint density at radius 3 is 3.04 bits per heavy atom. The van der Waals surface area contributed by atoms with Gasteiger partial charge in [0.25, 0.3) is 5.91 Å². The molecule has 0 bridgehead atoms. The molecule has 5 nitrogen and oxygen atoms in total. The van der Waals surface area contributed by atoms with Gasteiger partial charge >= 0.3 is 0 Å². The molecule has 0 N–H and O–H groups in total. The standard InChI is InChI=1S/C18H17N3O2S/c1-12-19-8-6-17(20-12)23-14-7-9-21(11-14)18(22)16-10-13-4-2-3-5-15(13)24-16/h2-6,8,10,14H,7,9,11H2,1H3/t14-/m0/s1. The van der Waals surface area contributed by atoms with E-state index in [9.17, 15) is 4.79 Å². The number of hydrogen-bond donors (Lipinski definition) is 0. The lowest BCUT2D eigenvalue weighted by atomic mass is 10.2. The van der Waals surface area contributed by atoms with Crippen LogP contribution >= 0.6 is 11.3 Å². The Hall–Kier alpha value is -2.47. The fourth-order valence-electron chi connectivity index (χ4n) is 2.92. The van der Waals surface area contributed by atoms with E-state index < -0.39 is 0 Å². The highest BCUT2D eigenvalue weighted by atomic mass is 32.1. The number of benzene rings is 1. The van der Waals surface area contributed by atoms with Crippen molar-refractivity contribution in [2.75, 3.05) is 13.1 Å². The topological polar surface area (TPSA) is 55.3 Å². The molecule has 4 rings (SSSR count). The van der Waals surface area contributed by atoms with Crippen LogP contribution < -0.4 is 4.74 Å². The maximum absolute atomic E-state index is 12.7. The monoisotopic (exact) mass is 339 g/mol. The Kier molecular flexibility index (Phi) is 3.90. The number of carbonyl (C=O) groups excluding carboxylic acids is 1. The number of aryl methyl sites for hydroxylation is 1. The molecule has 1 aliphatic rings. The van der Waals surface area contributed by atoms with E-state index in [1.807, 2.05) is 42.2 Å². The lowest BCUT2D eigenvalue weighted by Crippen LogP contribution is -2.30. The van der Waals surface area contributed by atoms with Crippen LogP contribution in [-0.2, 0) is 0 Å². The molecular weight excluding hydrogens is 322 g/mol. The first-order chi connectivity index (χ1) is 11.7. The van der Waals surface area contributed by atoms with E-state index in [2.05, 4.69) is 9.97 Å². The Morgan fingerprint density at radius 2 is 2.21 bits per heavy atom. The Bertz CT molecular complexity index is 860. The Labute approximate surface area is 143 Å². The molecule has 1 saturated heterocycles. The minimum absolute atomic E-state index is 0.0161. The van der Waals surface area contributed by atoms with Crippen LogP contribution in [0.15, 0.2) is 42.6 Å². The van der Waals surface area contributed by atoms with Gasteiger partial charge in [-0.2, -0.15) is 4.98 Å². The number of carbonyl (C=O) groups is 1. The van der Waals surface area contributed by atoms with Gasteiger partial charge in [-0.25, -0.2) is 4.98 Å². The third kappa shape index (κ3) is 2.97. The molecule has 0 radical (unpaired) electrons. The predicted octanol–water partition coefficient (Wildman–Crippen LogP) is 3.29. The van der Waals surface area contributed by atoms with E-state index in [-0.39, 0.29) is 12.0 Å². The van der Waals surface area contributed by atoms with E-state index in [1.165, 1.54) is 0 Å². The molecule has 1 aromatic carbocycles. The van der Waals surface area contributed by atoms with Gasteiger partial charge < -0.3 is 9.64 Å². The second-order valence-corrected chi connectivity index (χ2v) is 6.95. The van der Waals surface area contributed by atoms with Gasteiger partial charge in [-0.15, -0.1) is 11.3 Å². The van der Waals surface area contributed by atoms with Crippen LogP contribution in [-0.4, -0.2) is 40.0 Å². The number of nitrogens with zero attached hydrogens (tertiary/aromatic N) is 3. The van der Waals surface area contributed by atoms with E-state index in [0.29, 0.717) is 24.8 Å². The molecule has 24 heavy (non-hydrogen) atoms. The lowest BCUT2D eigenvalue weighted by Gasteiger charge is -2.16. The Balaban J connectivity index is 1.45. The predicted molar refractivity (Wildman–Crippen MR) is 93.5 cm³/mol. The van der Waals surface area contributed by atoms with Crippen molar-refractivity contribution in [1.29, 1.82) is 0 Å². The summed E-state index contributed by atoms with van der Waals surface area (Å²) in [6, 6.07) is 11.8. The number of ether oxygens (including phenoxy) is 1. The number of rotatable bonds is 3. The molecular formula is C18H17N3O2S. The number of aromatic nitrogens is 2. The summed E-state index contributed by atoms with van der Waals surface area (Å²) in [6.45, 7) is 3.14. The van der Waals surface area contributed by atoms with E-state index in [1.54, 1.807) is 23.6 Å². The molecule has 0 aliphatic carbocycles. The Morgan fingerprint density at radius 1 is 1.33 bits per heavy atom. The SMILES string of the molecule is Cc1nccc(O[C@H]2CCN(C(=O)c3cc4ccccc4s3)C2)n1. The van der Waals surface area contributed by atoms with Crippen molar-refractivity contribution in [3.8, 4) is 5.88 Å². The molecule has 1 atom stereocenters. The van der Waals surface area contributed by atoms with Gasteiger partial charge in [-0.1, -0.05) is 18.2 Å². The zero-order chi connectivity index (χ0) is 16.5. The smallest absolute Gasteiger partial charge is 0.264 e. The minimum Gasteiger partial charge on any atom is -0.472 e. The molecule has 3 aromatic rings. The molecule has 3 heterocycles. The van der Waals surface area contributed by atoms with Crippen molar-refractivity contribution in [2.45, 2.75) is 19.4 Å². The van der Waals surface area contributed by atoms with Crippen molar-refractivity contribution >= 4 is 27.3 Å². The van der Waals surface area contributed by atoms with Gasteiger partial charge in [0.05, 0.1) is 11.4 Å². The van der Waals surface area contributed by atoms with Crippen molar-refractivity contribution < 1.29 is 9.53 Å². The lowest BCUT2D eigenvalue weighted by molar-refractivity contribution is 0.0776. The summed E-state index contributed by atoms with van der Waals surface area (Å²) in [5.41, 5.74) is 0. The summed E-state index contributed by atoms with van der Waals surface area (Å²) in [7, 11) is 0. The number of fused-ring (bicyclic) bond motifs is 1. The van der Waals surface area contributed by atoms with Gasteiger partial charge in [0.15, 0.2) is 0 Å². The highest BCUT2D eigenvalue weighted by molar-refractivity contribution is 7.20. The normalized spacial score (nSPS) is 17.4. The van der Waals surface area contributed by atoms with Gasteiger partial charge in [-0.3, -0.25) is 4.79 Å². The summed E-state index contributed by atoms with van der Waals surface area (Å²) in [4.78, 5) is 23.7. The average Bonchev–Trinajstić information content (AvgIpc) is 3.20. The van der Waals surface area contributed by atoms with Gasteiger partial charge in [0, 0.05) is 29.9 Å². The van der Waals surface area contributed by atoms with Crippen molar-refractivity contribution in [1.82, 2.24) is 14.9 Å². The molecule has 1 amide bonds. The zero-order valence-corrected chi connectivity index (χ0v) is 14.1. The third-order valence-corrected chi connectivity index (χ3v) is 5.21. The first-order valence-corrected chi connectivity index (χ1v) is 8.75. The second-order valence-electron chi connectivity index (χ2n) is 5.87. The summed E-state index contributed by atoms with van der Waals surface area (Å²) < 4.78 is 7.03. The first kappa shape index (κ1) is 15.1. The molecule has 6 heteroatoms. The molecule has 1 fully saturated rings. The van der Waals surface area contributed by atoms with Crippen molar-refractivity contribution in [3.05, 3.63) is 53.3 Å². The van der Waals surface area contributed by atoms with Crippen LogP contribution in [0.5, 0.6) is 5.88 Å². The summed E-state index contributed by atoms with van der Waals surface area (Å²) in [5, 5.41) is 1.12. The van der Waals surface area contributed by atoms with Crippen LogP contribution in [0, 0.1) is 6.92 Å². The fraction of sp³-hybridized carbons (Fsp3) is 0.278. The highest BCUT2D eigenvalue weighted by Gasteiger charge is 2.29. The molecule has 0 spiro atoms. The van der Waals surface area contributed by atoms with Gasteiger partial charge in [0.1, 0.15) is 11.9 Å². The van der Waals surface area contributed by atoms with Gasteiger partial charge in [-0.05, 0) is 24.4 Å². The van der Waals surface area contributed by atoms with E-state index in [0.717, 1.165) is 21.4 Å². The van der Waals surface area contributed by atoms with E-state index >= 15 is 0 Å². The van der Waals surface area contributed by atoms with Crippen LogP contribution in [0.25, 0.3) is 10.1 Å². The van der Waals surface area contributed by atoms with Crippen molar-refractivity contribution in [3.63, 3.8) is 0 Å². The molecule has 1 aliphatic heterocycles. The van der Waals surface area contributed by atoms with E-state index in [4.69, 9.17) is 4.74 Å². The maximum atomic E-state index is 12.7. The van der Waals surface area contributed by atoms with Crippen LogP contribution in [0.2, 0.25) is 0 Å². The molecule has 2 aromatic heterocycles. The molecule has 0 unspecified atom stereocenters. The zero-order valence-electron chi connectivity index (χ0n) is 13.3. The maximum Gasteiger partial charge on any atom is 0.264 e.